The van der Waals surface area contributed by atoms with Gasteiger partial charge in [0, 0.05) is 11.6 Å². The van der Waals surface area contributed by atoms with Crippen LogP contribution >= 0.6 is 11.6 Å². The highest BCUT2D eigenvalue weighted by Crippen LogP contribution is 2.22. The number of hydrogen-bond acceptors (Lipinski definition) is 3. The van der Waals surface area contributed by atoms with Crippen LogP contribution in [0.25, 0.3) is 0 Å². The molecule has 3 N–H and O–H groups in total. The van der Waals surface area contributed by atoms with E-state index in [1.165, 1.54) is 0 Å². The van der Waals surface area contributed by atoms with Crippen molar-refractivity contribution in [3.05, 3.63) is 28.8 Å². The van der Waals surface area contributed by atoms with Crippen LogP contribution in [0.4, 0.5) is 0 Å². The van der Waals surface area contributed by atoms with Gasteiger partial charge >= 0.3 is 0 Å². The predicted octanol–water partition coefficient (Wildman–Crippen LogP) is 2.37. The third-order valence-corrected chi connectivity index (χ3v) is 2.99. The van der Waals surface area contributed by atoms with Gasteiger partial charge in [-0.2, -0.15) is 0 Å². The molecule has 0 aliphatic carbocycles. The summed E-state index contributed by atoms with van der Waals surface area (Å²) in [6, 6.07) is 5.56. The fourth-order valence-corrected chi connectivity index (χ4v) is 1.90. The summed E-state index contributed by atoms with van der Waals surface area (Å²) in [6.07, 6.45) is 1.65. The summed E-state index contributed by atoms with van der Waals surface area (Å²) in [5.41, 5.74) is 6.49. The summed E-state index contributed by atoms with van der Waals surface area (Å²) >= 11 is 5.86. The maximum absolute atomic E-state index is 9.12. The summed E-state index contributed by atoms with van der Waals surface area (Å²) in [5, 5.41) is 9.83. The fourth-order valence-electron chi connectivity index (χ4n) is 1.67. The van der Waals surface area contributed by atoms with Crippen LogP contribution in [-0.2, 0) is 0 Å². The maximum Gasteiger partial charge on any atom is 0.122 e. The number of rotatable bonds is 7. The van der Waals surface area contributed by atoms with Crippen molar-refractivity contribution in [2.24, 2.45) is 11.7 Å². The lowest BCUT2D eigenvalue weighted by atomic mass is 10.0. The summed E-state index contributed by atoms with van der Waals surface area (Å²) in [5.74, 6) is 1.08. The first-order chi connectivity index (χ1) is 8.17. The molecule has 0 aliphatic rings. The topological polar surface area (TPSA) is 55.5 Å². The van der Waals surface area contributed by atoms with Crippen molar-refractivity contribution in [1.29, 1.82) is 0 Å². The number of benzene rings is 1. The minimum Gasteiger partial charge on any atom is -0.493 e. The minimum atomic E-state index is 0.167. The predicted molar refractivity (Wildman–Crippen MR) is 70.5 cm³/mol. The quantitative estimate of drug-likeness (QED) is 0.789. The lowest BCUT2D eigenvalue weighted by Crippen LogP contribution is -2.15. The molecule has 17 heavy (non-hydrogen) atoms. The molecule has 3 nitrogen and oxygen atoms in total. The van der Waals surface area contributed by atoms with Crippen LogP contribution in [0.3, 0.4) is 0 Å². The van der Waals surface area contributed by atoms with E-state index in [0.717, 1.165) is 24.2 Å². The Morgan fingerprint density at radius 3 is 2.76 bits per heavy atom. The van der Waals surface area contributed by atoms with Crippen molar-refractivity contribution < 1.29 is 9.84 Å². The average molecular weight is 258 g/mol. The van der Waals surface area contributed by atoms with Gasteiger partial charge in [-0.15, -0.1) is 0 Å². The number of halogens is 1. The van der Waals surface area contributed by atoms with Gasteiger partial charge < -0.3 is 15.6 Å². The van der Waals surface area contributed by atoms with Gasteiger partial charge in [0.15, 0.2) is 0 Å². The van der Waals surface area contributed by atoms with Gasteiger partial charge in [-0.25, -0.2) is 0 Å². The van der Waals surface area contributed by atoms with Crippen molar-refractivity contribution in [3.8, 4) is 5.75 Å². The number of hydrogen-bond donors (Lipinski definition) is 2. The van der Waals surface area contributed by atoms with E-state index in [1.807, 2.05) is 25.1 Å². The Balaban J connectivity index is 2.39. The Bertz CT molecular complexity index is 344. The molecular formula is C13H20ClNO2. The lowest BCUT2D eigenvalue weighted by molar-refractivity contribution is 0.185. The zero-order valence-corrected chi connectivity index (χ0v) is 10.9. The molecule has 0 aromatic heterocycles. The van der Waals surface area contributed by atoms with Crippen LogP contribution in [0, 0.1) is 12.8 Å². The van der Waals surface area contributed by atoms with E-state index in [4.69, 9.17) is 27.2 Å². The van der Waals surface area contributed by atoms with Crippen LogP contribution in [0.1, 0.15) is 18.4 Å². The van der Waals surface area contributed by atoms with Gasteiger partial charge in [0.1, 0.15) is 5.75 Å². The monoisotopic (exact) mass is 257 g/mol. The van der Waals surface area contributed by atoms with Gasteiger partial charge in [-0.3, -0.25) is 0 Å². The molecule has 1 unspecified atom stereocenters. The number of aliphatic hydroxyl groups excluding tert-OH is 1. The molecule has 1 aromatic carbocycles. The normalized spacial score (nSPS) is 12.5. The zero-order chi connectivity index (χ0) is 12.7. The van der Waals surface area contributed by atoms with Crippen molar-refractivity contribution in [3.63, 3.8) is 0 Å². The van der Waals surface area contributed by atoms with Crippen molar-refractivity contribution in [2.45, 2.75) is 19.8 Å². The fraction of sp³-hybridized carbons (Fsp3) is 0.538. The molecule has 0 saturated carbocycles. The molecular weight excluding hydrogens is 238 g/mol. The Morgan fingerprint density at radius 1 is 1.41 bits per heavy atom. The molecule has 1 atom stereocenters. The largest absolute Gasteiger partial charge is 0.493 e. The number of aryl methyl sites for hydroxylation is 1. The summed E-state index contributed by atoms with van der Waals surface area (Å²) < 4.78 is 5.66. The molecule has 0 bridgehead atoms. The first-order valence-electron chi connectivity index (χ1n) is 5.87. The number of nitrogens with two attached hydrogens (primary N) is 1. The SMILES string of the molecule is Cc1cc(Cl)ccc1OCCC(CO)CCN. The third-order valence-electron chi connectivity index (χ3n) is 2.75. The molecule has 1 aromatic rings. The molecule has 0 radical (unpaired) electrons. The molecule has 0 amide bonds. The highest BCUT2D eigenvalue weighted by atomic mass is 35.5. The van der Waals surface area contributed by atoms with Crippen LogP contribution < -0.4 is 10.5 Å². The highest BCUT2D eigenvalue weighted by Gasteiger charge is 2.07. The minimum absolute atomic E-state index is 0.167. The van der Waals surface area contributed by atoms with E-state index in [1.54, 1.807) is 0 Å². The lowest BCUT2D eigenvalue weighted by Gasteiger charge is -2.14. The average Bonchev–Trinajstić information content (AvgIpc) is 2.30. The molecule has 0 fully saturated rings. The summed E-state index contributed by atoms with van der Waals surface area (Å²) in [7, 11) is 0. The Kier molecular flexibility index (Phi) is 6.34. The molecule has 0 aliphatic heterocycles. The Morgan fingerprint density at radius 2 is 2.18 bits per heavy atom. The maximum atomic E-state index is 9.12. The van der Waals surface area contributed by atoms with E-state index < -0.39 is 0 Å². The van der Waals surface area contributed by atoms with E-state index in [2.05, 4.69) is 0 Å². The Hall–Kier alpha value is -0.770. The smallest absolute Gasteiger partial charge is 0.122 e. The number of aliphatic hydroxyl groups is 1. The van der Waals surface area contributed by atoms with E-state index in [-0.39, 0.29) is 12.5 Å². The Labute approximate surface area is 108 Å². The van der Waals surface area contributed by atoms with Crippen molar-refractivity contribution >= 4 is 11.6 Å². The first-order valence-corrected chi connectivity index (χ1v) is 6.25. The van der Waals surface area contributed by atoms with Gasteiger partial charge in [-0.1, -0.05) is 11.6 Å². The molecule has 1 rings (SSSR count). The van der Waals surface area contributed by atoms with Crippen LogP contribution in [0.5, 0.6) is 5.75 Å². The molecule has 4 heteroatoms. The summed E-state index contributed by atoms with van der Waals surface area (Å²) in [6.45, 7) is 3.32. The van der Waals surface area contributed by atoms with E-state index >= 15 is 0 Å². The first kappa shape index (κ1) is 14.3. The highest BCUT2D eigenvalue weighted by molar-refractivity contribution is 6.30. The number of ether oxygens (including phenoxy) is 1. The molecule has 96 valence electrons. The van der Waals surface area contributed by atoms with Crippen LogP contribution in [0.2, 0.25) is 5.02 Å². The van der Waals surface area contributed by atoms with Gasteiger partial charge in [0.2, 0.25) is 0 Å². The van der Waals surface area contributed by atoms with E-state index in [0.29, 0.717) is 18.2 Å². The molecule has 0 heterocycles. The van der Waals surface area contributed by atoms with Crippen molar-refractivity contribution in [2.75, 3.05) is 19.8 Å². The molecule has 0 saturated heterocycles. The zero-order valence-electron chi connectivity index (χ0n) is 10.2. The second kappa shape index (κ2) is 7.54. The molecule has 0 spiro atoms. The van der Waals surface area contributed by atoms with E-state index in [9.17, 15) is 0 Å². The van der Waals surface area contributed by atoms with Gasteiger partial charge in [0.25, 0.3) is 0 Å². The summed E-state index contributed by atoms with van der Waals surface area (Å²) in [4.78, 5) is 0. The standard InChI is InChI=1S/C13H20ClNO2/c1-10-8-12(14)2-3-13(10)17-7-5-11(9-16)4-6-15/h2-3,8,11,16H,4-7,9,15H2,1H3. The third kappa shape index (κ3) is 4.94. The van der Waals surface area contributed by atoms with Crippen LogP contribution in [-0.4, -0.2) is 24.9 Å². The second-order valence-electron chi connectivity index (χ2n) is 4.17. The van der Waals surface area contributed by atoms with Crippen LogP contribution in [0.15, 0.2) is 18.2 Å². The second-order valence-corrected chi connectivity index (χ2v) is 4.61. The van der Waals surface area contributed by atoms with Crippen molar-refractivity contribution in [1.82, 2.24) is 0 Å². The van der Waals surface area contributed by atoms with Gasteiger partial charge in [0.05, 0.1) is 6.61 Å². The van der Waals surface area contributed by atoms with Gasteiger partial charge in [-0.05, 0) is 56.0 Å².